The third-order valence-corrected chi connectivity index (χ3v) is 3.02. The standard InChI is InChI=1S/C14H15ClN2/c1-17-14(10-5-3-2-4-6-10)12-9-11(15)7-8-13(12)16/h2-9,14,17H,16H2,1H3. The highest BCUT2D eigenvalue weighted by Crippen LogP contribution is 2.28. The molecule has 3 N–H and O–H groups in total. The van der Waals surface area contributed by atoms with Gasteiger partial charge in [-0.15, -0.1) is 0 Å². The van der Waals surface area contributed by atoms with Gasteiger partial charge < -0.3 is 11.1 Å². The van der Waals surface area contributed by atoms with Gasteiger partial charge in [-0.3, -0.25) is 0 Å². The number of hydrogen-bond donors (Lipinski definition) is 2. The second-order valence-corrected chi connectivity index (χ2v) is 4.34. The first-order valence-electron chi connectivity index (χ1n) is 5.49. The summed E-state index contributed by atoms with van der Waals surface area (Å²) in [5.41, 5.74) is 8.93. The summed E-state index contributed by atoms with van der Waals surface area (Å²) < 4.78 is 0. The summed E-state index contributed by atoms with van der Waals surface area (Å²) in [5, 5.41) is 3.96. The molecule has 0 spiro atoms. The first kappa shape index (κ1) is 12.0. The molecule has 0 aliphatic heterocycles. The van der Waals surface area contributed by atoms with Crippen LogP contribution >= 0.6 is 11.6 Å². The fraction of sp³-hybridized carbons (Fsp3) is 0.143. The molecule has 2 aromatic carbocycles. The van der Waals surface area contributed by atoms with Crippen molar-refractivity contribution in [2.24, 2.45) is 0 Å². The second kappa shape index (κ2) is 5.21. The molecule has 0 saturated heterocycles. The largest absolute Gasteiger partial charge is 0.398 e. The van der Waals surface area contributed by atoms with E-state index in [1.54, 1.807) is 6.07 Å². The molecule has 88 valence electrons. The van der Waals surface area contributed by atoms with Crippen molar-refractivity contribution in [1.82, 2.24) is 5.32 Å². The Morgan fingerprint density at radius 1 is 1.12 bits per heavy atom. The first-order chi connectivity index (χ1) is 8.22. The molecule has 17 heavy (non-hydrogen) atoms. The Morgan fingerprint density at radius 3 is 2.47 bits per heavy atom. The molecule has 2 rings (SSSR count). The van der Waals surface area contributed by atoms with Gasteiger partial charge in [0.05, 0.1) is 6.04 Å². The highest BCUT2D eigenvalue weighted by atomic mass is 35.5. The lowest BCUT2D eigenvalue weighted by Gasteiger charge is -2.19. The molecule has 0 radical (unpaired) electrons. The minimum Gasteiger partial charge on any atom is -0.398 e. The molecule has 2 aromatic rings. The summed E-state index contributed by atoms with van der Waals surface area (Å²) in [4.78, 5) is 0. The average molecular weight is 247 g/mol. The fourth-order valence-electron chi connectivity index (χ4n) is 1.94. The van der Waals surface area contributed by atoms with Gasteiger partial charge in [0.2, 0.25) is 0 Å². The molecule has 3 heteroatoms. The van der Waals surface area contributed by atoms with Crippen LogP contribution in [0.1, 0.15) is 17.2 Å². The maximum absolute atomic E-state index is 6.02. The zero-order chi connectivity index (χ0) is 12.3. The van der Waals surface area contributed by atoms with E-state index in [1.807, 2.05) is 37.4 Å². The van der Waals surface area contributed by atoms with Gasteiger partial charge in [-0.25, -0.2) is 0 Å². The first-order valence-corrected chi connectivity index (χ1v) is 5.87. The highest BCUT2D eigenvalue weighted by molar-refractivity contribution is 6.30. The Morgan fingerprint density at radius 2 is 1.82 bits per heavy atom. The summed E-state index contributed by atoms with van der Waals surface area (Å²) in [5.74, 6) is 0. The van der Waals surface area contributed by atoms with Crippen LogP contribution in [0.5, 0.6) is 0 Å². The van der Waals surface area contributed by atoms with Gasteiger partial charge in [0.1, 0.15) is 0 Å². The summed E-state index contributed by atoms with van der Waals surface area (Å²) in [7, 11) is 1.91. The Balaban J connectivity index is 2.46. The van der Waals surface area contributed by atoms with Crippen molar-refractivity contribution in [2.75, 3.05) is 12.8 Å². The molecule has 0 heterocycles. The number of hydrogen-bond acceptors (Lipinski definition) is 2. The van der Waals surface area contributed by atoms with Gasteiger partial charge >= 0.3 is 0 Å². The van der Waals surface area contributed by atoms with E-state index < -0.39 is 0 Å². The topological polar surface area (TPSA) is 38.0 Å². The normalized spacial score (nSPS) is 12.4. The lowest BCUT2D eigenvalue weighted by molar-refractivity contribution is 0.694. The number of nitrogens with two attached hydrogens (primary N) is 1. The van der Waals surface area contributed by atoms with Crippen molar-refractivity contribution in [3.63, 3.8) is 0 Å². The molecule has 2 nitrogen and oxygen atoms in total. The summed E-state index contributed by atoms with van der Waals surface area (Å²) in [6.07, 6.45) is 0. The molecule has 0 bridgehead atoms. The number of nitrogens with one attached hydrogen (secondary N) is 1. The fourth-order valence-corrected chi connectivity index (χ4v) is 2.12. The lowest BCUT2D eigenvalue weighted by atomic mass is 9.97. The molecular weight excluding hydrogens is 232 g/mol. The van der Waals surface area contributed by atoms with Gasteiger partial charge in [0.15, 0.2) is 0 Å². The Kier molecular flexibility index (Phi) is 3.67. The van der Waals surface area contributed by atoms with E-state index >= 15 is 0 Å². The van der Waals surface area contributed by atoms with Crippen LogP contribution in [-0.2, 0) is 0 Å². The van der Waals surface area contributed by atoms with E-state index in [0.29, 0.717) is 5.02 Å². The smallest absolute Gasteiger partial charge is 0.0595 e. The maximum Gasteiger partial charge on any atom is 0.0595 e. The van der Waals surface area contributed by atoms with Crippen LogP contribution in [0, 0.1) is 0 Å². The minimum absolute atomic E-state index is 0.0647. The molecule has 0 saturated carbocycles. The molecular formula is C14H15ClN2. The quantitative estimate of drug-likeness (QED) is 0.816. The average Bonchev–Trinajstić information content (AvgIpc) is 2.36. The third kappa shape index (κ3) is 2.60. The maximum atomic E-state index is 6.02. The number of rotatable bonds is 3. The van der Waals surface area contributed by atoms with E-state index in [4.69, 9.17) is 17.3 Å². The van der Waals surface area contributed by atoms with Gasteiger partial charge in [0, 0.05) is 10.7 Å². The molecule has 0 aromatic heterocycles. The van der Waals surface area contributed by atoms with Crippen molar-refractivity contribution in [3.8, 4) is 0 Å². The zero-order valence-electron chi connectivity index (χ0n) is 9.65. The van der Waals surface area contributed by atoms with Gasteiger partial charge in [-0.2, -0.15) is 0 Å². The van der Waals surface area contributed by atoms with Crippen LogP contribution in [0.2, 0.25) is 5.02 Å². The molecule has 0 amide bonds. The van der Waals surface area contributed by atoms with Crippen LogP contribution < -0.4 is 11.1 Å². The van der Waals surface area contributed by atoms with Crippen molar-refractivity contribution < 1.29 is 0 Å². The van der Waals surface area contributed by atoms with Crippen LogP contribution in [0.4, 0.5) is 5.69 Å². The summed E-state index contributed by atoms with van der Waals surface area (Å²) >= 11 is 6.02. The Labute approximate surface area is 106 Å². The molecule has 1 unspecified atom stereocenters. The number of benzene rings is 2. The van der Waals surface area contributed by atoms with E-state index in [1.165, 1.54) is 5.56 Å². The number of nitrogen functional groups attached to an aromatic ring is 1. The predicted molar refractivity (Wildman–Crippen MR) is 73.2 cm³/mol. The van der Waals surface area contributed by atoms with Gasteiger partial charge in [0.25, 0.3) is 0 Å². The zero-order valence-corrected chi connectivity index (χ0v) is 10.4. The second-order valence-electron chi connectivity index (χ2n) is 3.91. The van der Waals surface area contributed by atoms with Crippen LogP contribution in [0.15, 0.2) is 48.5 Å². The van der Waals surface area contributed by atoms with Crippen molar-refractivity contribution >= 4 is 17.3 Å². The van der Waals surface area contributed by atoms with E-state index in [-0.39, 0.29) is 6.04 Å². The highest BCUT2D eigenvalue weighted by Gasteiger charge is 2.14. The molecule has 0 aliphatic carbocycles. The Hall–Kier alpha value is -1.51. The summed E-state index contributed by atoms with van der Waals surface area (Å²) in [6.45, 7) is 0. The minimum atomic E-state index is 0.0647. The third-order valence-electron chi connectivity index (χ3n) is 2.78. The van der Waals surface area contributed by atoms with Gasteiger partial charge in [-0.1, -0.05) is 41.9 Å². The Bertz CT molecular complexity index is 497. The summed E-state index contributed by atoms with van der Waals surface area (Å²) in [6, 6.07) is 15.8. The SMILES string of the molecule is CNC(c1ccccc1)c1cc(Cl)ccc1N. The number of halogens is 1. The lowest BCUT2D eigenvalue weighted by Crippen LogP contribution is -2.18. The monoisotopic (exact) mass is 246 g/mol. The van der Waals surface area contributed by atoms with Gasteiger partial charge in [-0.05, 0) is 36.4 Å². The van der Waals surface area contributed by atoms with E-state index in [9.17, 15) is 0 Å². The molecule has 0 aliphatic rings. The van der Waals surface area contributed by atoms with Crippen molar-refractivity contribution in [2.45, 2.75) is 6.04 Å². The molecule has 0 fully saturated rings. The van der Waals surface area contributed by atoms with E-state index in [2.05, 4.69) is 17.4 Å². The van der Waals surface area contributed by atoms with Crippen molar-refractivity contribution in [3.05, 3.63) is 64.7 Å². The van der Waals surface area contributed by atoms with Crippen LogP contribution in [-0.4, -0.2) is 7.05 Å². The molecule has 1 atom stereocenters. The predicted octanol–water partition coefficient (Wildman–Crippen LogP) is 3.23. The van der Waals surface area contributed by atoms with Crippen LogP contribution in [0.3, 0.4) is 0 Å². The van der Waals surface area contributed by atoms with Crippen LogP contribution in [0.25, 0.3) is 0 Å². The van der Waals surface area contributed by atoms with Crippen molar-refractivity contribution in [1.29, 1.82) is 0 Å². The van der Waals surface area contributed by atoms with E-state index in [0.717, 1.165) is 11.3 Å². The number of anilines is 1.